The molecule has 0 bridgehead atoms. The van der Waals surface area contributed by atoms with E-state index in [1.807, 2.05) is 0 Å². The Kier molecular flexibility index (Phi) is 8.07. The molecule has 0 saturated heterocycles. The summed E-state index contributed by atoms with van der Waals surface area (Å²) in [5, 5.41) is 2.79. The maximum Gasteiger partial charge on any atom is 0.236 e. The second-order valence-corrected chi connectivity index (χ2v) is 3.65. The molecule has 1 N–H and O–H groups in total. The van der Waals surface area contributed by atoms with E-state index in [1.165, 1.54) is 12.1 Å². The number of rotatable bonds is 6. The molecule has 1 amide bonds. The Morgan fingerprint density at radius 3 is 2.56 bits per heavy atom. The monoisotopic (exact) mass is 276 g/mol. The fourth-order valence-electron chi connectivity index (χ4n) is 1.24. The van der Waals surface area contributed by atoms with Gasteiger partial charge in [-0.1, -0.05) is 0 Å². The third-order valence-corrected chi connectivity index (χ3v) is 2.26. The highest BCUT2D eigenvalue weighted by Gasteiger charge is 2.06. The number of hydrogen-bond donors (Lipinski definition) is 1. The second kappa shape index (κ2) is 8.72. The summed E-state index contributed by atoms with van der Waals surface area (Å²) in [5.74, 6) is 0.315. The quantitative estimate of drug-likeness (QED) is 0.852. The Morgan fingerprint density at radius 1 is 1.39 bits per heavy atom. The van der Waals surface area contributed by atoms with Crippen molar-refractivity contribution in [3.63, 3.8) is 0 Å². The predicted octanol–water partition coefficient (Wildman–Crippen LogP) is 1.30. The molecule has 1 aromatic rings. The zero-order valence-corrected chi connectivity index (χ0v) is 11.3. The molecule has 4 nitrogen and oxygen atoms in total. The maximum atomic E-state index is 12.6. The molecular formula is C12H18ClFN2O2. The molecule has 0 heterocycles. The molecular weight excluding hydrogens is 259 g/mol. The van der Waals surface area contributed by atoms with Gasteiger partial charge in [0.05, 0.1) is 13.1 Å². The number of carbonyl (C=O) groups excluding carboxylic acids is 1. The molecule has 0 aliphatic carbocycles. The van der Waals surface area contributed by atoms with E-state index in [1.54, 1.807) is 31.1 Å². The van der Waals surface area contributed by atoms with Gasteiger partial charge in [-0.3, -0.25) is 4.79 Å². The van der Waals surface area contributed by atoms with E-state index < -0.39 is 0 Å². The van der Waals surface area contributed by atoms with Crippen molar-refractivity contribution in [3.8, 4) is 5.75 Å². The summed E-state index contributed by atoms with van der Waals surface area (Å²) < 4.78 is 18.0. The molecule has 6 heteroatoms. The lowest BCUT2D eigenvalue weighted by Gasteiger charge is -2.17. The van der Waals surface area contributed by atoms with E-state index in [-0.39, 0.29) is 24.1 Å². The molecule has 0 aliphatic heterocycles. The number of halogens is 2. The van der Waals surface area contributed by atoms with Gasteiger partial charge in [0, 0.05) is 7.05 Å². The summed E-state index contributed by atoms with van der Waals surface area (Å²) in [6.45, 7) is 1.20. The Labute approximate surface area is 113 Å². The highest BCUT2D eigenvalue weighted by atomic mass is 35.5. The Bertz CT molecular complexity index is 360. The first-order valence-corrected chi connectivity index (χ1v) is 5.40. The Hall–Kier alpha value is -1.33. The molecule has 0 unspecified atom stereocenters. The first-order valence-electron chi connectivity index (χ1n) is 5.40. The number of likely N-dealkylation sites (N-methyl/N-ethyl adjacent to an activating group) is 2. The summed E-state index contributed by atoms with van der Waals surface area (Å²) in [6.07, 6.45) is 0. The van der Waals surface area contributed by atoms with Crippen LogP contribution in [-0.4, -0.2) is 44.6 Å². The minimum Gasteiger partial charge on any atom is -0.492 e. The number of nitrogens with zero attached hydrogens (tertiary/aromatic N) is 1. The standard InChI is InChI=1S/C12H17FN2O2.ClH/c1-14-9-12(16)15(2)7-8-17-11-5-3-10(13)4-6-11;/h3-6,14H,7-9H2,1-2H3;1H. The summed E-state index contributed by atoms with van der Waals surface area (Å²) in [5.41, 5.74) is 0. The number of carbonyl (C=O) groups is 1. The van der Waals surface area contributed by atoms with Crippen molar-refractivity contribution in [1.29, 1.82) is 0 Å². The molecule has 1 rings (SSSR count). The van der Waals surface area contributed by atoms with Gasteiger partial charge in [-0.15, -0.1) is 12.4 Å². The average Bonchev–Trinajstić information content (AvgIpc) is 2.32. The van der Waals surface area contributed by atoms with Gasteiger partial charge in [0.1, 0.15) is 18.2 Å². The van der Waals surface area contributed by atoms with Crippen LogP contribution in [0.4, 0.5) is 4.39 Å². The van der Waals surface area contributed by atoms with Gasteiger partial charge in [-0.25, -0.2) is 4.39 Å². The van der Waals surface area contributed by atoms with Crippen LogP contribution in [0.5, 0.6) is 5.75 Å². The molecule has 18 heavy (non-hydrogen) atoms. The van der Waals surface area contributed by atoms with Crippen LogP contribution in [0.2, 0.25) is 0 Å². The molecule has 102 valence electrons. The molecule has 0 atom stereocenters. The van der Waals surface area contributed by atoms with Gasteiger partial charge >= 0.3 is 0 Å². The summed E-state index contributed by atoms with van der Waals surface area (Å²) in [7, 11) is 3.44. The van der Waals surface area contributed by atoms with Crippen LogP contribution in [0, 0.1) is 5.82 Å². The van der Waals surface area contributed by atoms with Gasteiger partial charge in [-0.2, -0.15) is 0 Å². The van der Waals surface area contributed by atoms with E-state index in [2.05, 4.69) is 5.32 Å². The van der Waals surface area contributed by atoms with Crippen LogP contribution in [0.15, 0.2) is 24.3 Å². The molecule has 1 aromatic carbocycles. The highest BCUT2D eigenvalue weighted by molar-refractivity contribution is 5.85. The van der Waals surface area contributed by atoms with Crippen LogP contribution in [0.1, 0.15) is 0 Å². The fourth-order valence-corrected chi connectivity index (χ4v) is 1.24. The van der Waals surface area contributed by atoms with E-state index in [0.717, 1.165) is 0 Å². The van der Waals surface area contributed by atoms with Crippen LogP contribution >= 0.6 is 12.4 Å². The SMILES string of the molecule is CNCC(=O)N(C)CCOc1ccc(F)cc1.Cl. The molecule has 0 aliphatic rings. The first-order chi connectivity index (χ1) is 8.13. The molecule has 0 spiro atoms. The summed E-state index contributed by atoms with van der Waals surface area (Å²) >= 11 is 0. The smallest absolute Gasteiger partial charge is 0.236 e. The zero-order chi connectivity index (χ0) is 12.7. The normalized spacial score (nSPS) is 9.50. The van der Waals surface area contributed by atoms with E-state index in [4.69, 9.17) is 4.74 Å². The topological polar surface area (TPSA) is 41.6 Å². The highest BCUT2D eigenvalue weighted by Crippen LogP contribution is 2.10. The summed E-state index contributed by atoms with van der Waals surface area (Å²) in [6, 6.07) is 5.80. The molecule has 0 radical (unpaired) electrons. The van der Waals surface area contributed by atoms with E-state index in [0.29, 0.717) is 25.4 Å². The zero-order valence-electron chi connectivity index (χ0n) is 10.5. The van der Waals surface area contributed by atoms with E-state index in [9.17, 15) is 9.18 Å². The second-order valence-electron chi connectivity index (χ2n) is 3.65. The minimum absolute atomic E-state index is 0. The van der Waals surface area contributed by atoms with Crippen molar-refractivity contribution in [2.75, 3.05) is 33.8 Å². The van der Waals surface area contributed by atoms with Crippen molar-refractivity contribution >= 4 is 18.3 Å². The first kappa shape index (κ1) is 16.7. The van der Waals surface area contributed by atoms with Gasteiger partial charge in [0.2, 0.25) is 5.91 Å². The predicted molar refractivity (Wildman–Crippen MR) is 70.7 cm³/mol. The number of hydrogen-bond acceptors (Lipinski definition) is 3. The van der Waals surface area contributed by atoms with Crippen LogP contribution < -0.4 is 10.1 Å². The van der Waals surface area contributed by atoms with Gasteiger partial charge in [-0.05, 0) is 31.3 Å². The lowest BCUT2D eigenvalue weighted by atomic mass is 10.3. The van der Waals surface area contributed by atoms with Crippen LogP contribution in [-0.2, 0) is 4.79 Å². The largest absolute Gasteiger partial charge is 0.492 e. The molecule has 0 fully saturated rings. The maximum absolute atomic E-state index is 12.6. The number of ether oxygens (including phenoxy) is 1. The number of nitrogens with one attached hydrogen (secondary N) is 1. The lowest BCUT2D eigenvalue weighted by Crippen LogP contribution is -2.36. The average molecular weight is 277 g/mol. The third-order valence-electron chi connectivity index (χ3n) is 2.26. The molecule has 0 saturated carbocycles. The fraction of sp³-hybridized carbons (Fsp3) is 0.417. The van der Waals surface area contributed by atoms with Crippen LogP contribution in [0.3, 0.4) is 0 Å². The lowest BCUT2D eigenvalue weighted by molar-refractivity contribution is -0.129. The summed E-state index contributed by atoms with van der Waals surface area (Å²) in [4.78, 5) is 13.0. The Balaban J connectivity index is 0.00000289. The minimum atomic E-state index is -0.293. The van der Waals surface area contributed by atoms with Gasteiger partial charge in [0.15, 0.2) is 0 Å². The van der Waals surface area contributed by atoms with Crippen molar-refractivity contribution in [1.82, 2.24) is 10.2 Å². The van der Waals surface area contributed by atoms with E-state index >= 15 is 0 Å². The third kappa shape index (κ3) is 5.84. The number of amides is 1. The van der Waals surface area contributed by atoms with Crippen molar-refractivity contribution in [2.45, 2.75) is 0 Å². The Morgan fingerprint density at radius 2 is 2.00 bits per heavy atom. The van der Waals surface area contributed by atoms with Crippen molar-refractivity contribution in [3.05, 3.63) is 30.1 Å². The number of benzene rings is 1. The van der Waals surface area contributed by atoms with Crippen LogP contribution in [0.25, 0.3) is 0 Å². The van der Waals surface area contributed by atoms with Gasteiger partial charge < -0.3 is 15.0 Å². The van der Waals surface area contributed by atoms with Crippen molar-refractivity contribution in [2.24, 2.45) is 0 Å². The molecule has 0 aromatic heterocycles. The van der Waals surface area contributed by atoms with Crippen molar-refractivity contribution < 1.29 is 13.9 Å². The van der Waals surface area contributed by atoms with Gasteiger partial charge in [0.25, 0.3) is 0 Å².